The second-order valence-corrected chi connectivity index (χ2v) is 6.52. The molecule has 0 fully saturated rings. The Balaban J connectivity index is 2.35. The van der Waals surface area contributed by atoms with Gasteiger partial charge in [0.15, 0.2) is 0 Å². The lowest BCUT2D eigenvalue weighted by Crippen LogP contribution is -2.22. The van der Waals surface area contributed by atoms with Gasteiger partial charge in [-0.05, 0) is 23.5 Å². The number of aryl methyl sites for hydroxylation is 1. The molecule has 0 aliphatic heterocycles. The molecular weight excluding hydrogens is 280 g/mol. The van der Waals surface area contributed by atoms with E-state index in [1.807, 2.05) is 24.3 Å². The number of pyridine rings is 1. The third-order valence-electron chi connectivity index (χ3n) is 3.63. The van der Waals surface area contributed by atoms with Gasteiger partial charge >= 0.3 is 0 Å². The van der Waals surface area contributed by atoms with Crippen molar-refractivity contribution in [2.75, 3.05) is 0 Å². The summed E-state index contributed by atoms with van der Waals surface area (Å²) in [5.41, 5.74) is 2.32. The highest BCUT2D eigenvalue weighted by Gasteiger charge is 2.14. The summed E-state index contributed by atoms with van der Waals surface area (Å²) in [7, 11) is 0. The highest BCUT2D eigenvalue weighted by molar-refractivity contribution is 5.32. The van der Waals surface area contributed by atoms with Gasteiger partial charge in [-0.15, -0.1) is 0 Å². The zero-order chi connectivity index (χ0) is 16.5. The zero-order valence-corrected chi connectivity index (χ0v) is 13.3. The molecular formula is C17H20N2O3. The molecule has 0 saturated carbocycles. The van der Waals surface area contributed by atoms with E-state index < -0.39 is 4.92 Å². The molecule has 0 saturated heterocycles. The van der Waals surface area contributed by atoms with E-state index in [-0.39, 0.29) is 16.7 Å². The lowest BCUT2D eigenvalue weighted by molar-refractivity contribution is -0.385. The lowest BCUT2D eigenvalue weighted by Gasteiger charge is -2.19. The van der Waals surface area contributed by atoms with Gasteiger partial charge in [-0.25, -0.2) is 0 Å². The van der Waals surface area contributed by atoms with Gasteiger partial charge in [0.1, 0.15) is 0 Å². The van der Waals surface area contributed by atoms with Crippen LogP contribution < -0.4 is 5.56 Å². The highest BCUT2D eigenvalue weighted by Crippen LogP contribution is 2.22. The fourth-order valence-corrected chi connectivity index (χ4v) is 2.29. The van der Waals surface area contributed by atoms with E-state index in [1.54, 1.807) is 6.92 Å². The van der Waals surface area contributed by atoms with Crippen LogP contribution in [0.2, 0.25) is 0 Å². The fourth-order valence-electron chi connectivity index (χ4n) is 2.29. The molecule has 0 bridgehead atoms. The van der Waals surface area contributed by atoms with Crippen LogP contribution in [0.5, 0.6) is 0 Å². The predicted octanol–water partition coefficient (Wildman–Crippen LogP) is 3.41. The number of hydrogen-bond donors (Lipinski definition) is 0. The Labute approximate surface area is 129 Å². The molecule has 2 rings (SSSR count). The first-order valence-corrected chi connectivity index (χ1v) is 7.13. The zero-order valence-electron chi connectivity index (χ0n) is 13.3. The van der Waals surface area contributed by atoms with Crippen LogP contribution in [0.15, 0.2) is 41.3 Å². The minimum absolute atomic E-state index is 0.0663. The van der Waals surface area contributed by atoms with Crippen molar-refractivity contribution in [3.63, 3.8) is 0 Å². The van der Waals surface area contributed by atoms with E-state index in [0.29, 0.717) is 12.1 Å². The first kappa shape index (κ1) is 15.9. The molecule has 5 heteroatoms. The van der Waals surface area contributed by atoms with Crippen molar-refractivity contribution in [2.45, 2.75) is 39.7 Å². The monoisotopic (exact) mass is 300 g/mol. The average Bonchev–Trinajstić information content (AvgIpc) is 2.43. The summed E-state index contributed by atoms with van der Waals surface area (Å²) in [6.45, 7) is 8.32. The summed E-state index contributed by atoms with van der Waals surface area (Å²) >= 11 is 0. The normalized spacial score (nSPS) is 11.5. The summed E-state index contributed by atoms with van der Waals surface area (Å²) in [5, 5.41) is 10.9. The number of rotatable bonds is 3. The first-order chi connectivity index (χ1) is 10.2. The van der Waals surface area contributed by atoms with E-state index in [9.17, 15) is 14.9 Å². The SMILES string of the molecule is Cc1cc([N+](=O)[O-])cn(Cc2ccc(C(C)(C)C)cc2)c1=O. The maximum absolute atomic E-state index is 12.1. The summed E-state index contributed by atoms with van der Waals surface area (Å²) < 4.78 is 1.39. The maximum atomic E-state index is 12.1. The standard InChI is InChI=1S/C17H20N2O3/c1-12-9-15(19(21)22)11-18(16(12)20)10-13-5-7-14(8-6-13)17(2,3)4/h5-9,11H,10H2,1-4H3. The molecule has 0 unspecified atom stereocenters. The number of hydrogen-bond acceptors (Lipinski definition) is 3. The molecule has 0 spiro atoms. The van der Waals surface area contributed by atoms with E-state index in [4.69, 9.17) is 0 Å². The van der Waals surface area contributed by atoms with E-state index in [1.165, 1.54) is 22.4 Å². The summed E-state index contributed by atoms with van der Waals surface area (Å²) in [6.07, 6.45) is 1.30. The van der Waals surface area contributed by atoms with Crippen LogP contribution in [0, 0.1) is 17.0 Å². The van der Waals surface area contributed by atoms with Gasteiger partial charge in [-0.2, -0.15) is 0 Å². The Hall–Kier alpha value is -2.43. The van der Waals surface area contributed by atoms with Crippen molar-refractivity contribution < 1.29 is 4.92 Å². The number of aromatic nitrogens is 1. The summed E-state index contributed by atoms with van der Waals surface area (Å²) in [6, 6.07) is 9.29. The van der Waals surface area contributed by atoms with Gasteiger partial charge in [0.05, 0.1) is 17.7 Å². The van der Waals surface area contributed by atoms with Crippen LogP contribution in [-0.4, -0.2) is 9.49 Å². The molecule has 1 heterocycles. The van der Waals surface area contributed by atoms with Gasteiger partial charge in [-0.3, -0.25) is 14.9 Å². The van der Waals surface area contributed by atoms with Crippen molar-refractivity contribution in [1.82, 2.24) is 4.57 Å². The van der Waals surface area contributed by atoms with Gasteiger partial charge in [0, 0.05) is 11.6 Å². The molecule has 0 aliphatic rings. The summed E-state index contributed by atoms with van der Waals surface area (Å²) in [4.78, 5) is 22.5. The Morgan fingerprint density at radius 1 is 1.18 bits per heavy atom. The van der Waals surface area contributed by atoms with Crippen molar-refractivity contribution >= 4 is 5.69 Å². The van der Waals surface area contributed by atoms with Crippen LogP contribution in [0.3, 0.4) is 0 Å². The smallest absolute Gasteiger partial charge is 0.286 e. The quantitative estimate of drug-likeness (QED) is 0.644. The Morgan fingerprint density at radius 2 is 1.77 bits per heavy atom. The van der Waals surface area contributed by atoms with Crippen LogP contribution in [-0.2, 0) is 12.0 Å². The van der Waals surface area contributed by atoms with Crippen LogP contribution in [0.1, 0.15) is 37.5 Å². The van der Waals surface area contributed by atoms with Crippen LogP contribution in [0.4, 0.5) is 5.69 Å². The minimum Gasteiger partial charge on any atom is -0.304 e. The van der Waals surface area contributed by atoms with E-state index in [2.05, 4.69) is 20.8 Å². The van der Waals surface area contributed by atoms with Crippen molar-refractivity contribution in [3.8, 4) is 0 Å². The van der Waals surface area contributed by atoms with Crippen molar-refractivity contribution in [3.05, 3.63) is 73.7 Å². The lowest BCUT2D eigenvalue weighted by atomic mass is 9.87. The fraction of sp³-hybridized carbons (Fsp3) is 0.353. The molecule has 22 heavy (non-hydrogen) atoms. The number of benzene rings is 1. The Kier molecular flexibility index (Phi) is 4.17. The predicted molar refractivity (Wildman–Crippen MR) is 86.3 cm³/mol. The highest BCUT2D eigenvalue weighted by atomic mass is 16.6. The van der Waals surface area contributed by atoms with Crippen molar-refractivity contribution in [1.29, 1.82) is 0 Å². The second kappa shape index (κ2) is 5.75. The molecule has 0 atom stereocenters. The number of nitrogens with zero attached hydrogens (tertiary/aromatic N) is 2. The molecule has 0 N–H and O–H groups in total. The van der Waals surface area contributed by atoms with Crippen LogP contribution >= 0.6 is 0 Å². The minimum atomic E-state index is -0.481. The average molecular weight is 300 g/mol. The van der Waals surface area contributed by atoms with Crippen LogP contribution in [0.25, 0.3) is 0 Å². The van der Waals surface area contributed by atoms with Gasteiger partial charge < -0.3 is 4.57 Å². The molecule has 116 valence electrons. The summed E-state index contributed by atoms with van der Waals surface area (Å²) in [5.74, 6) is 0. The largest absolute Gasteiger partial charge is 0.304 e. The molecule has 5 nitrogen and oxygen atoms in total. The molecule has 2 aromatic rings. The Bertz CT molecular complexity index is 753. The second-order valence-electron chi connectivity index (χ2n) is 6.52. The topological polar surface area (TPSA) is 65.1 Å². The van der Waals surface area contributed by atoms with Gasteiger partial charge in [0.25, 0.3) is 11.2 Å². The molecule has 1 aromatic heterocycles. The maximum Gasteiger partial charge on any atom is 0.286 e. The Morgan fingerprint density at radius 3 is 2.27 bits per heavy atom. The molecule has 0 aliphatic carbocycles. The van der Waals surface area contributed by atoms with E-state index in [0.717, 1.165) is 5.56 Å². The van der Waals surface area contributed by atoms with Crippen molar-refractivity contribution in [2.24, 2.45) is 0 Å². The molecule has 0 amide bonds. The van der Waals surface area contributed by atoms with E-state index >= 15 is 0 Å². The molecule has 0 radical (unpaired) electrons. The number of nitro groups is 1. The van der Waals surface area contributed by atoms with Gasteiger partial charge in [0.2, 0.25) is 0 Å². The third kappa shape index (κ3) is 3.42. The van der Waals surface area contributed by atoms with Gasteiger partial charge in [-0.1, -0.05) is 45.0 Å². The third-order valence-corrected chi connectivity index (χ3v) is 3.63. The first-order valence-electron chi connectivity index (χ1n) is 7.13. The molecule has 1 aromatic carbocycles.